The second kappa shape index (κ2) is 7.82. The highest BCUT2D eigenvalue weighted by atomic mass is 35.5. The average Bonchev–Trinajstić information content (AvgIpc) is 2.93. The highest BCUT2D eigenvalue weighted by molar-refractivity contribution is 7.15. The molecule has 1 saturated carbocycles. The number of halogens is 1. The van der Waals surface area contributed by atoms with Crippen molar-refractivity contribution in [2.24, 2.45) is 0 Å². The van der Waals surface area contributed by atoms with E-state index in [-0.39, 0.29) is 23.1 Å². The van der Waals surface area contributed by atoms with Gasteiger partial charge in [0, 0.05) is 28.2 Å². The quantitative estimate of drug-likeness (QED) is 0.656. The van der Waals surface area contributed by atoms with Gasteiger partial charge in [-0.3, -0.25) is 14.0 Å². The van der Waals surface area contributed by atoms with E-state index in [0.717, 1.165) is 31.2 Å². The van der Waals surface area contributed by atoms with Gasteiger partial charge in [-0.15, -0.1) is 11.3 Å². The van der Waals surface area contributed by atoms with Crippen LogP contribution in [0, 0.1) is 0 Å². The van der Waals surface area contributed by atoms with Crippen LogP contribution >= 0.6 is 22.9 Å². The molecule has 0 unspecified atom stereocenters. The number of thiazole rings is 1. The molecule has 1 aliphatic rings. The maximum absolute atomic E-state index is 13.1. The molecule has 0 radical (unpaired) electrons. The van der Waals surface area contributed by atoms with E-state index in [1.54, 1.807) is 6.07 Å². The molecule has 0 saturated heterocycles. The number of nitrogens with one attached hydrogen (secondary N) is 1. The fourth-order valence-electron chi connectivity index (χ4n) is 3.59. The summed E-state index contributed by atoms with van der Waals surface area (Å²) in [6.45, 7) is 0. The third-order valence-corrected chi connectivity index (χ3v) is 6.20. The number of aromatic nitrogens is 2. The van der Waals surface area contributed by atoms with E-state index in [1.165, 1.54) is 34.8 Å². The minimum Gasteiger partial charge on any atom is -0.349 e. The molecule has 4 rings (SSSR count). The van der Waals surface area contributed by atoms with Gasteiger partial charge in [-0.25, -0.2) is 4.98 Å². The third kappa shape index (κ3) is 3.64. The normalized spacial score (nSPS) is 15.6. The first-order chi connectivity index (χ1) is 13.1. The van der Waals surface area contributed by atoms with Crippen LogP contribution in [0.1, 0.15) is 48.9 Å². The van der Waals surface area contributed by atoms with Crippen LogP contribution in [0.2, 0.25) is 5.02 Å². The first-order valence-electron chi connectivity index (χ1n) is 9.20. The molecule has 7 heteroatoms. The number of fused-ring (bicyclic) bond motifs is 1. The van der Waals surface area contributed by atoms with Crippen molar-refractivity contribution in [2.45, 2.75) is 44.6 Å². The van der Waals surface area contributed by atoms with E-state index < -0.39 is 0 Å². The number of carbonyl (C=O) groups is 1. The molecule has 1 amide bonds. The van der Waals surface area contributed by atoms with Crippen molar-refractivity contribution in [3.63, 3.8) is 0 Å². The number of benzene rings is 1. The lowest BCUT2D eigenvalue weighted by molar-refractivity contribution is 0.0931. The lowest BCUT2D eigenvalue weighted by Gasteiger charge is -2.15. The molecular formula is C20H20ClN3O2S. The molecule has 1 aromatic carbocycles. The number of carbonyl (C=O) groups excluding carboxylic acids is 1. The topological polar surface area (TPSA) is 63.5 Å². The fourth-order valence-corrected chi connectivity index (χ4v) is 4.67. The van der Waals surface area contributed by atoms with Crippen molar-refractivity contribution < 1.29 is 4.79 Å². The van der Waals surface area contributed by atoms with Crippen molar-refractivity contribution in [2.75, 3.05) is 0 Å². The van der Waals surface area contributed by atoms with Crippen LogP contribution < -0.4 is 10.9 Å². The van der Waals surface area contributed by atoms with Gasteiger partial charge in [0.25, 0.3) is 11.5 Å². The molecule has 0 atom stereocenters. The molecule has 1 aliphatic carbocycles. The molecule has 140 valence electrons. The highest BCUT2D eigenvalue weighted by Crippen LogP contribution is 2.30. The molecule has 2 aromatic heterocycles. The molecule has 1 N–H and O–H groups in total. The number of hydrogen-bond donors (Lipinski definition) is 1. The number of rotatable bonds is 3. The van der Waals surface area contributed by atoms with Gasteiger partial charge in [0.15, 0.2) is 4.96 Å². The summed E-state index contributed by atoms with van der Waals surface area (Å²) in [5.74, 6) is -0.342. The van der Waals surface area contributed by atoms with E-state index in [4.69, 9.17) is 11.6 Å². The minimum absolute atomic E-state index is 0.0726. The van der Waals surface area contributed by atoms with Crippen LogP contribution in [-0.4, -0.2) is 21.3 Å². The summed E-state index contributed by atoms with van der Waals surface area (Å²) in [5.41, 5.74) is 1.11. The maximum atomic E-state index is 13.1. The third-order valence-electron chi connectivity index (χ3n) is 5.03. The first-order valence-corrected chi connectivity index (χ1v) is 10.5. The Morgan fingerprint density at radius 1 is 1.19 bits per heavy atom. The smallest absolute Gasteiger partial charge is 0.271 e. The number of hydrogen-bond acceptors (Lipinski definition) is 4. The van der Waals surface area contributed by atoms with Gasteiger partial charge in [0.05, 0.1) is 5.69 Å². The molecule has 0 bridgehead atoms. The Bertz CT molecular complexity index is 1040. The maximum Gasteiger partial charge on any atom is 0.271 e. The van der Waals surface area contributed by atoms with Crippen molar-refractivity contribution >= 4 is 33.8 Å². The molecule has 1 fully saturated rings. The molecular weight excluding hydrogens is 382 g/mol. The van der Waals surface area contributed by atoms with Gasteiger partial charge >= 0.3 is 0 Å². The van der Waals surface area contributed by atoms with Crippen molar-refractivity contribution in [1.82, 2.24) is 14.7 Å². The molecule has 27 heavy (non-hydrogen) atoms. The van der Waals surface area contributed by atoms with Crippen molar-refractivity contribution in [1.29, 1.82) is 0 Å². The van der Waals surface area contributed by atoms with Gasteiger partial charge in [-0.1, -0.05) is 55.5 Å². The Kier molecular flexibility index (Phi) is 5.27. The molecule has 5 nitrogen and oxygen atoms in total. The zero-order chi connectivity index (χ0) is 18.8. The van der Waals surface area contributed by atoms with Crippen LogP contribution in [0.15, 0.2) is 40.6 Å². The highest BCUT2D eigenvalue weighted by Gasteiger charge is 2.21. The Morgan fingerprint density at radius 2 is 1.93 bits per heavy atom. The van der Waals surface area contributed by atoms with Gasteiger partial charge in [-0.2, -0.15) is 0 Å². The monoisotopic (exact) mass is 401 g/mol. The average molecular weight is 402 g/mol. The zero-order valence-electron chi connectivity index (χ0n) is 14.8. The van der Waals surface area contributed by atoms with Gasteiger partial charge in [0.1, 0.15) is 5.56 Å². The van der Waals surface area contributed by atoms with E-state index in [9.17, 15) is 9.59 Å². The lowest BCUT2D eigenvalue weighted by atomic mass is 10.1. The van der Waals surface area contributed by atoms with Crippen LogP contribution in [-0.2, 0) is 0 Å². The van der Waals surface area contributed by atoms with Gasteiger partial charge < -0.3 is 5.32 Å². The molecule has 0 spiro atoms. The van der Waals surface area contributed by atoms with Crippen LogP contribution in [0.5, 0.6) is 0 Å². The summed E-state index contributed by atoms with van der Waals surface area (Å²) < 4.78 is 1.48. The Labute approximate surface area is 166 Å². The van der Waals surface area contributed by atoms with Crippen molar-refractivity contribution in [3.05, 3.63) is 56.8 Å². The van der Waals surface area contributed by atoms with Crippen LogP contribution in [0.25, 0.3) is 16.2 Å². The summed E-state index contributed by atoms with van der Waals surface area (Å²) in [5, 5.41) is 5.43. The van der Waals surface area contributed by atoms with E-state index in [1.807, 2.05) is 23.6 Å². The Morgan fingerprint density at radius 3 is 2.67 bits per heavy atom. The van der Waals surface area contributed by atoms with Gasteiger partial charge in [-0.05, 0) is 18.9 Å². The van der Waals surface area contributed by atoms with E-state index in [2.05, 4.69) is 10.3 Å². The van der Waals surface area contributed by atoms with Gasteiger partial charge in [0.2, 0.25) is 0 Å². The predicted molar refractivity (Wildman–Crippen MR) is 109 cm³/mol. The molecule has 3 aromatic rings. The SMILES string of the molecule is O=C(NC1CCCCCC1)c1cnc2scc(-c3ccccc3Cl)n2c1=O. The molecule has 0 aliphatic heterocycles. The summed E-state index contributed by atoms with van der Waals surface area (Å²) >= 11 is 7.66. The van der Waals surface area contributed by atoms with Crippen molar-refractivity contribution in [3.8, 4) is 11.3 Å². The summed E-state index contributed by atoms with van der Waals surface area (Å²) in [6, 6.07) is 7.47. The summed E-state index contributed by atoms with van der Waals surface area (Å²) in [4.78, 5) is 30.7. The second-order valence-corrected chi connectivity index (χ2v) is 8.10. The second-order valence-electron chi connectivity index (χ2n) is 6.86. The number of amides is 1. The summed E-state index contributed by atoms with van der Waals surface area (Å²) in [7, 11) is 0. The van der Waals surface area contributed by atoms with E-state index in [0.29, 0.717) is 15.7 Å². The minimum atomic E-state index is -0.359. The van der Waals surface area contributed by atoms with Crippen LogP contribution in [0.3, 0.4) is 0 Å². The Balaban J connectivity index is 1.71. The van der Waals surface area contributed by atoms with E-state index >= 15 is 0 Å². The lowest BCUT2D eigenvalue weighted by Crippen LogP contribution is -2.38. The molecule has 2 heterocycles. The standard InChI is InChI=1S/C20H20ClN3O2S/c21-16-10-6-5-9-14(16)17-12-27-20-22-11-15(19(26)24(17)20)18(25)23-13-7-3-1-2-4-8-13/h5-6,9-13H,1-4,7-8H2,(H,23,25). The number of nitrogens with zero attached hydrogens (tertiary/aromatic N) is 2. The zero-order valence-corrected chi connectivity index (χ0v) is 16.4. The first kappa shape index (κ1) is 18.2. The Hall–Kier alpha value is -2.18. The summed E-state index contributed by atoms with van der Waals surface area (Å²) in [6.07, 6.45) is 7.96. The largest absolute Gasteiger partial charge is 0.349 e. The fraction of sp³-hybridized carbons (Fsp3) is 0.350. The van der Waals surface area contributed by atoms with Crippen LogP contribution in [0.4, 0.5) is 0 Å². The predicted octanol–water partition coefficient (Wildman–Crippen LogP) is 4.53.